The normalized spacial score (nSPS) is 16.0. The van der Waals surface area contributed by atoms with E-state index in [4.69, 9.17) is 4.74 Å². The monoisotopic (exact) mass is 267 g/mol. The van der Waals surface area contributed by atoms with Crippen molar-refractivity contribution in [3.63, 3.8) is 0 Å². The standard InChI is InChI=1S/C14H21NO4/c1-3-4-5-6-7-14(18)19-11(2)10-15-12(16)8-9-13(15)17/h8-9,11H,3-7,10H2,1-2H3. The van der Waals surface area contributed by atoms with E-state index >= 15 is 0 Å². The maximum Gasteiger partial charge on any atom is 0.306 e. The summed E-state index contributed by atoms with van der Waals surface area (Å²) < 4.78 is 5.18. The third-order valence-corrected chi connectivity index (χ3v) is 2.91. The fourth-order valence-corrected chi connectivity index (χ4v) is 1.88. The van der Waals surface area contributed by atoms with Crippen LogP contribution in [0.25, 0.3) is 0 Å². The summed E-state index contributed by atoms with van der Waals surface area (Å²) in [4.78, 5) is 35.3. The van der Waals surface area contributed by atoms with Crippen molar-refractivity contribution in [2.45, 2.75) is 52.1 Å². The van der Waals surface area contributed by atoms with Crippen LogP contribution in [-0.4, -0.2) is 35.3 Å². The molecule has 0 aliphatic carbocycles. The zero-order chi connectivity index (χ0) is 14.3. The third kappa shape index (κ3) is 5.24. The molecule has 106 valence electrons. The van der Waals surface area contributed by atoms with Gasteiger partial charge in [0.2, 0.25) is 0 Å². The Bertz CT molecular complexity index is 358. The second-order valence-corrected chi connectivity index (χ2v) is 4.73. The van der Waals surface area contributed by atoms with Crippen molar-refractivity contribution < 1.29 is 19.1 Å². The zero-order valence-corrected chi connectivity index (χ0v) is 11.6. The van der Waals surface area contributed by atoms with Crippen LogP contribution in [0.5, 0.6) is 0 Å². The van der Waals surface area contributed by atoms with Crippen molar-refractivity contribution >= 4 is 17.8 Å². The van der Waals surface area contributed by atoms with Crippen LogP contribution in [-0.2, 0) is 19.1 Å². The van der Waals surface area contributed by atoms with Crippen molar-refractivity contribution in [2.75, 3.05) is 6.54 Å². The number of carbonyl (C=O) groups is 3. The molecule has 0 spiro atoms. The summed E-state index contributed by atoms with van der Waals surface area (Å²) >= 11 is 0. The molecule has 19 heavy (non-hydrogen) atoms. The van der Waals surface area contributed by atoms with Gasteiger partial charge in [-0.3, -0.25) is 19.3 Å². The van der Waals surface area contributed by atoms with Crippen LogP contribution >= 0.6 is 0 Å². The molecule has 0 bridgehead atoms. The molecular weight excluding hydrogens is 246 g/mol. The maximum absolute atomic E-state index is 11.5. The van der Waals surface area contributed by atoms with Crippen LogP contribution in [0.15, 0.2) is 12.2 Å². The van der Waals surface area contributed by atoms with Crippen molar-refractivity contribution in [2.24, 2.45) is 0 Å². The topological polar surface area (TPSA) is 63.7 Å². The molecule has 0 fully saturated rings. The van der Waals surface area contributed by atoms with Crippen molar-refractivity contribution in [1.29, 1.82) is 0 Å². The largest absolute Gasteiger partial charge is 0.461 e. The van der Waals surface area contributed by atoms with Crippen molar-refractivity contribution in [1.82, 2.24) is 4.90 Å². The Labute approximate surface area is 113 Å². The average molecular weight is 267 g/mol. The predicted molar refractivity (Wildman–Crippen MR) is 70.2 cm³/mol. The summed E-state index contributed by atoms with van der Waals surface area (Å²) in [7, 11) is 0. The molecule has 1 atom stereocenters. The predicted octanol–water partition coefficient (Wildman–Crippen LogP) is 1.81. The molecule has 0 aromatic carbocycles. The molecule has 5 nitrogen and oxygen atoms in total. The van der Waals surface area contributed by atoms with Crippen LogP contribution < -0.4 is 0 Å². The van der Waals surface area contributed by atoms with E-state index in [0.29, 0.717) is 6.42 Å². The van der Waals surface area contributed by atoms with Gasteiger partial charge >= 0.3 is 5.97 Å². The maximum atomic E-state index is 11.5. The number of amides is 2. The highest BCUT2D eigenvalue weighted by atomic mass is 16.5. The van der Waals surface area contributed by atoms with Gasteiger partial charge in [-0.2, -0.15) is 0 Å². The molecule has 1 heterocycles. The van der Waals surface area contributed by atoms with Crippen LogP contribution in [0.2, 0.25) is 0 Å². The molecule has 2 amide bonds. The molecule has 5 heteroatoms. The first-order valence-corrected chi connectivity index (χ1v) is 6.77. The fraction of sp³-hybridized carbons (Fsp3) is 0.643. The van der Waals surface area contributed by atoms with E-state index in [1.807, 2.05) is 0 Å². The van der Waals surface area contributed by atoms with Gasteiger partial charge in [0.25, 0.3) is 11.8 Å². The Morgan fingerprint density at radius 3 is 2.42 bits per heavy atom. The summed E-state index contributed by atoms with van der Waals surface area (Å²) in [5.41, 5.74) is 0. The molecular formula is C14H21NO4. The SMILES string of the molecule is CCCCCCC(=O)OC(C)CN1C(=O)C=CC1=O. The van der Waals surface area contributed by atoms with E-state index in [2.05, 4.69) is 6.92 Å². The van der Waals surface area contributed by atoms with E-state index in [1.54, 1.807) is 6.92 Å². The van der Waals surface area contributed by atoms with Gasteiger partial charge in [0.05, 0.1) is 6.54 Å². The van der Waals surface area contributed by atoms with Gasteiger partial charge in [0.15, 0.2) is 0 Å². The van der Waals surface area contributed by atoms with Crippen LogP contribution in [0.3, 0.4) is 0 Å². The fourth-order valence-electron chi connectivity index (χ4n) is 1.88. The molecule has 0 aromatic heterocycles. The summed E-state index contributed by atoms with van der Waals surface area (Å²) in [5, 5.41) is 0. The van der Waals surface area contributed by atoms with Gasteiger partial charge in [-0.15, -0.1) is 0 Å². The lowest BCUT2D eigenvalue weighted by Crippen LogP contribution is -2.37. The minimum absolute atomic E-state index is 0.116. The van der Waals surface area contributed by atoms with E-state index in [9.17, 15) is 14.4 Å². The van der Waals surface area contributed by atoms with E-state index in [-0.39, 0.29) is 24.3 Å². The molecule has 1 aliphatic rings. The highest BCUT2D eigenvalue weighted by molar-refractivity contribution is 6.12. The highest BCUT2D eigenvalue weighted by Gasteiger charge is 2.26. The Hall–Kier alpha value is -1.65. The van der Waals surface area contributed by atoms with Crippen LogP contribution in [0.1, 0.15) is 46.0 Å². The Morgan fingerprint density at radius 2 is 1.84 bits per heavy atom. The number of unbranched alkanes of at least 4 members (excludes halogenated alkanes) is 3. The number of rotatable bonds is 8. The third-order valence-electron chi connectivity index (χ3n) is 2.91. The summed E-state index contributed by atoms with van der Waals surface area (Å²) in [5.74, 6) is -0.970. The van der Waals surface area contributed by atoms with Gasteiger partial charge in [-0.05, 0) is 13.3 Å². The first kappa shape index (κ1) is 15.4. The lowest BCUT2D eigenvalue weighted by molar-refractivity contribution is -0.152. The first-order chi connectivity index (χ1) is 9.04. The quantitative estimate of drug-likeness (QED) is 0.382. The van der Waals surface area contributed by atoms with E-state index < -0.39 is 6.10 Å². The summed E-state index contributed by atoms with van der Waals surface area (Å²) in [6.45, 7) is 3.91. The first-order valence-electron chi connectivity index (χ1n) is 6.77. The van der Waals surface area contributed by atoms with Gasteiger partial charge in [-0.25, -0.2) is 0 Å². The second kappa shape index (κ2) is 7.71. The van der Waals surface area contributed by atoms with Crippen LogP contribution in [0, 0.1) is 0 Å². The Balaban J connectivity index is 2.23. The van der Waals surface area contributed by atoms with Gasteiger partial charge < -0.3 is 4.74 Å². The number of hydrogen-bond acceptors (Lipinski definition) is 4. The number of nitrogens with zero attached hydrogens (tertiary/aromatic N) is 1. The number of ether oxygens (including phenoxy) is 1. The minimum Gasteiger partial charge on any atom is -0.461 e. The van der Waals surface area contributed by atoms with Crippen molar-refractivity contribution in [3.05, 3.63) is 12.2 Å². The Morgan fingerprint density at radius 1 is 1.21 bits per heavy atom. The second-order valence-electron chi connectivity index (χ2n) is 4.73. The molecule has 0 saturated heterocycles. The summed E-state index contributed by atoms with van der Waals surface area (Å²) in [6, 6.07) is 0. The Kier molecular flexibility index (Phi) is 6.25. The summed E-state index contributed by atoms with van der Waals surface area (Å²) in [6.07, 6.45) is 6.46. The average Bonchev–Trinajstić information content (AvgIpc) is 2.66. The van der Waals surface area contributed by atoms with E-state index in [0.717, 1.165) is 30.6 Å². The highest BCUT2D eigenvalue weighted by Crippen LogP contribution is 2.08. The number of hydrogen-bond donors (Lipinski definition) is 0. The van der Waals surface area contributed by atoms with Gasteiger partial charge in [0, 0.05) is 18.6 Å². The lowest BCUT2D eigenvalue weighted by atomic mass is 10.1. The van der Waals surface area contributed by atoms with Crippen molar-refractivity contribution in [3.8, 4) is 0 Å². The molecule has 1 unspecified atom stereocenters. The molecule has 0 radical (unpaired) electrons. The molecule has 0 saturated carbocycles. The lowest BCUT2D eigenvalue weighted by Gasteiger charge is -2.19. The molecule has 0 N–H and O–H groups in total. The minimum atomic E-state index is -0.466. The molecule has 0 aromatic rings. The van der Waals surface area contributed by atoms with Gasteiger partial charge in [0.1, 0.15) is 6.10 Å². The number of carbonyl (C=O) groups excluding carboxylic acids is 3. The smallest absolute Gasteiger partial charge is 0.306 e. The number of esters is 1. The van der Waals surface area contributed by atoms with E-state index in [1.165, 1.54) is 12.2 Å². The zero-order valence-electron chi connectivity index (χ0n) is 11.6. The van der Waals surface area contributed by atoms with Crippen LogP contribution in [0.4, 0.5) is 0 Å². The van der Waals surface area contributed by atoms with Gasteiger partial charge in [-0.1, -0.05) is 26.2 Å². The molecule has 1 aliphatic heterocycles. The number of imide groups is 1. The molecule has 1 rings (SSSR count).